The lowest BCUT2D eigenvalue weighted by molar-refractivity contribution is -0.384. The summed E-state index contributed by atoms with van der Waals surface area (Å²) in [5, 5.41) is 30.9. The average Bonchev–Trinajstić information content (AvgIpc) is 3.29. The lowest BCUT2D eigenvalue weighted by Crippen LogP contribution is -2.29. The normalized spacial score (nSPS) is 17.9. The molecule has 0 bridgehead atoms. The minimum Gasteiger partial charge on any atom is -0.507 e. The van der Waals surface area contributed by atoms with Crippen LogP contribution in [0, 0.1) is 24.0 Å². The van der Waals surface area contributed by atoms with E-state index in [0.29, 0.717) is 16.1 Å². The number of amides is 1. The molecular formula is C21H16N4O5S. The van der Waals surface area contributed by atoms with Gasteiger partial charge in [-0.3, -0.25) is 24.6 Å². The predicted molar refractivity (Wildman–Crippen MR) is 114 cm³/mol. The van der Waals surface area contributed by atoms with Gasteiger partial charge in [-0.15, -0.1) is 10.2 Å². The van der Waals surface area contributed by atoms with Crippen LogP contribution in [-0.4, -0.2) is 31.9 Å². The first-order valence-corrected chi connectivity index (χ1v) is 10.0. The Morgan fingerprint density at radius 2 is 1.84 bits per heavy atom. The van der Waals surface area contributed by atoms with Crippen molar-refractivity contribution in [2.75, 3.05) is 4.90 Å². The van der Waals surface area contributed by atoms with Crippen LogP contribution >= 0.6 is 11.3 Å². The van der Waals surface area contributed by atoms with Gasteiger partial charge < -0.3 is 5.11 Å². The van der Waals surface area contributed by atoms with Crippen molar-refractivity contribution in [2.24, 2.45) is 0 Å². The number of rotatable bonds is 4. The zero-order valence-electron chi connectivity index (χ0n) is 16.5. The number of nitrogens with zero attached hydrogens (tertiary/aromatic N) is 4. The largest absolute Gasteiger partial charge is 0.507 e. The van der Waals surface area contributed by atoms with E-state index in [1.54, 1.807) is 37.3 Å². The number of anilines is 1. The van der Waals surface area contributed by atoms with Crippen LogP contribution in [0.3, 0.4) is 0 Å². The standard InChI is InChI=1S/C21H16N4O5S/c1-11-6-8-13(9-7-11)18(26)16-17(14-4-3-5-15(10-14)25(29)30)24(20(28)19(16)27)21-23-22-12(2)31-21/h3-10,17,26H,1-2H3. The molecule has 1 saturated heterocycles. The summed E-state index contributed by atoms with van der Waals surface area (Å²) in [6, 6.07) is 11.3. The Morgan fingerprint density at radius 1 is 1.13 bits per heavy atom. The molecule has 9 nitrogen and oxygen atoms in total. The fourth-order valence-corrected chi connectivity index (χ4v) is 4.12. The van der Waals surface area contributed by atoms with Crippen LogP contribution in [0.1, 0.15) is 27.7 Å². The second-order valence-electron chi connectivity index (χ2n) is 6.99. The van der Waals surface area contributed by atoms with Crippen LogP contribution in [0.5, 0.6) is 0 Å². The smallest absolute Gasteiger partial charge is 0.301 e. The van der Waals surface area contributed by atoms with E-state index in [2.05, 4.69) is 10.2 Å². The van der Waals surface area contributed by atoms with Crippen molar-refractivity contribution >= 4 is 39.6 Å². The van der Waals surface area contributed by atoms with Crippen molar-refractivity contribution in [2.45, 2.75) is 19.9 Å². The summed E-state index contributed by atoms with van der Waals surface area (Å²) in [5.41, 5.74) is 1.24. The fourth-order valence-electron chi connectivity index (χ4n) is 3.40. The number of carbonyl (C=O) groups excluding carboxylic acids is 2. The van der Waals surface area contributed by atoms with E-state index in [9.17, 15) is 24.8 Å². The Balaban J connectivity index is 1.96. The third-order valence-electron chi connectivity index (χ3n) is 4.89. The molecule has 1 aliphatic rings. The lowest BCUT2D eigenvalue weighted by atomic mass is 9.95. The maximum Gasteiger partial charge on any atom is 0.301 e. The van der Waals surface area contributed by atoms with Crippen molar-refractivity contribution in [3.63, 3.8) is 0 Å². The molecule has 1 unspecified atom stereocenters. The highest BCUT2D eigenvalue weighted by Crippen LogP contribution is 2.43. The SMILES string of the molecule is Cc1ccc(C(O)=C2C(=O)C(=O)N(c3nnc(C)s3)C2c2cccc([N+](=O)[O-])c2)cc1. The molecule has 3 aromatic rings. The molecule has 1 atom stereocenters. The van der Waals surface area contributed by atoms with Crippen molar-refractivity contribution in [3.8, 4) is 0 Å². The van der Waals surface area contributed by atoms with Crippen LogP contribution in [0.4, 0.5) is 10.8 Å². The lowest BCUT2D eigenvalue weighted by Gasteiger charge is -2.22. The summed E-state index contributed by atoms with van der Waals surface area (Å²) in [6.07, 6.45) is 0. The van der Waals surface area contributed by atoms with E-state index in [-0.39, 0.29) is 22.2 Å². The van der Waals surface area contributed by atoms with Crippen LogP contribution < -0.4 is 4.90 Å². The number of aliphatic hydroxyl groups excluding tert-OH is 1. The molecule has 2 aromatic carbocycles. The Morgan fingerprint density at radius 3 is 2.45 bits per heavy atom. The minimum absolute atomic E-state index is 0.165. The number of aliphatic hydroxyl groups is 1. The van der Waals surface area contributed by atoms with E-state index in [1.165, 1.54) is 18.2 Å². The molecule has 0 saturated carbocycles. The fraction of sp³-hybridized carbons (Fsp3) is 0.143. The van der Waals surface area contributed by atoms with Gasteiger partial charge in [-0.25, -0.2) is 0 Å². The quantitative estimate of drug-likeness (QED) is 0.217. The Labute approximate surface area is 180 Å². The van der Waals surface area contributed by atoms with Crippen LogP contribution in [-0.2, 0) is 9.59 Å². The number of non-ortho nitro benzene ring substituents is 1. The van der Waals surface area contributed by atoms with Gasteiger partial charge in [0.2, 0.25) is 5.13 Å². The van der Waals surface area contributed by atoms with Crippen molar-refractivity contribution in [1.82, 2.24) is 10.2 Å². The number of nitro benzene ring substituents is 1. The van der Waals surface area contributed by atoms with Crippen LogP contribution in [0.2, 0.25) is 0 Å². The summed E-state index contributed by atoms with van der Waals surface area (Å²) in [6.45, 7) is 3.58. The topological polar surface area (TPSA) is 127 Å². The van der Waals surface area contributed by atoms with E-state index in [1.807, 2.05) is 6.92 Å². The highest BCUT2D eigenvalue weighted by Gasteiger charge is 2.48. The molecule has 4 rings (SSSR count). The number of carbonyl (C=O) groups is 2. The molecule has 1 amide bonds. The molecule has 2 heterocycles. The molecule has 0 spiro atoms. The highest BCUT2D eigenvalue weighted by atomic mass is 32.1. The summed E-state index contributed by atoms with van der Waals surface area (Å²) in [5.74, 6) is -2.15. The molecule has 1 aromatic heterocycles. The number of ketones is 1. The second kappa shape index (κ2) is 7.73. The second-order valence-corrected chi connectivity index (χ2v) is 8.15. The van der Waals surface area contributed by atoms with E-state index in [4.69, 9.17) is 0 Å². The average molecular weight is 436 g/mol. The number of aromatic nitrogens is 2. The Kier molecular flexibility index (Phi) is 5.07. The zero-order valence-corrected chi connectivity index (χ0v) is 17.3. The molecule has 1 N–H and O–H groups in total. The first-order valence-electron chi connectivity index (χ1n) is 9.20. The Hall–Kier alpha value is -3.92. The van der Waals surface area contributed by atoms with Gasteiger partial charge in [0.15, 0.2) is 0 Å². The highest BCUT2D eigenvalue weighted by molar-refractivity contribution is 7.15. The third kappa shape index (κ3) is 3.57. The monoisotopic (exact) mass is 436 g/mol. The first kappa shape index (κ1) is 20.4. The van der Waals surface area contributed by atoms with E-state index < -0.39 is 22.7 Å². The van der Waals surface area contributed by atoms with Gasteiger partial charge in [0.05, 0.1) is 16.5 Å². The number of hydrogen-bond acceptors (Lipinski definition) is 8. The summed E-state index contributed by atoms with van der Waals surface area (Å²) in [4.78, 5) is 37.8. The van der Waals surface area contributed by atoms with Crippen LogP contribution in [0.25, 0.3) is 5.76 Å². The summed E-state index contributed by atoms with van der Waals surface area (Å²) < 4.78 is 0. The number of hydrogen-bond donors (Lipinski definition) is 1. The number of Topliss-reactive ketones (excluding diaryl/α,β-unsaturated/α-hetero) is 1. The maximum atomic E-state index is 13.0. The van der Waals surface area contributed by atoms with Crippen molar-refractivity contribution in [1.29, 1.82) is 0 Å². The van der Waals surface area contributed by atoms with Gasteiger partial charge in [-0.2, -0.15) is 0 Å². The molecule has 156 valence electrons. The minimum atomic E-state index is -1.09. The van der Waals surface area contributed by atoms with Crippen molar-refractivity contribution < 1.29 is 19.6 Å². The molecule has 1 aliphatic heterocycles. The number of aryl methyl sites for hydroxylation is 2. The number of nitro groups is 1. The molecule has 10 heteroatoms. The van der Waals surface area contributed by atoms with Gasteiger partial charge in [0, 0.05) is 17.7 Å². The van der Waals surface area contributed by atoms with Gasteiger partial charge in [0.1, 0.15) is 10.8 Å². The third-order valence-corrected chi connectivity index (χ3v) is 5.73. The zero-order chi connectivity index (χ0) is 22.3. The van der Waals surface area contributed by atoms with Crippen LogP contribution in [0.15, 0.2) is 54.1 Å². The molecule has 31 heavy (non-hydrogen) atoms. The van der Waals surface area contributed by atoms with Gasteiger partial charge in [-0.05, 0) is 19.4 Å². The molecule has 1 fully saturated rings. The van der Waals surface area contributed by atoms with E-state index >= 15 is 0 Å². The summed E-state index contributed by atoms with van der Waals surface area (Å²) >= 11 is 1.10. The van der Waals surface area contributed by atoms with Gasteiger partial charge >= 0.3 is 5.91 Å². The molecule has 0 aliphatic carbocycles. The summed E-state index contributed by atoms with van der Waals surface area (Å²) in [7, 11) is 0. The van der Waals surface area contributed by atoms with Gasteiger partial charge in [0.25, 0.3) is 11.5 Å². The van der Waals surface area contributed by atoms with E-state index in [0.717, 1.165) is 21.8 Å². The van der Waals surface area contributed by atoms with Crippen molar-refractivity contribution in [3.05, 3.63) is 85.9 Å². The van der Waals surface area contributed by atoms with Gasteiger partial charge in [-0.1, -0.05) is 53.3 Å². The molecular weight excluding hydrogens is 420 g/mol. The predicted octanol–water partition coefficient (Wildman–Crippen LogP) is 3.69. The first-order chi connectivity index (χ1) is 14.8. The number of benzene rings is 2. The Bertz CT molecular complexity index is 1250. The molecule has 0 radical (unpaired) electrons. The maximum absolute atomic E-state index is 13.0.